The lowest BCUT2D eigenvalue weighted by Crippen LogP contribution is -2.15. The van der Waals surface area contributed by atoms with Gasteiger partial charge in [0.2, 0.25) is 5.95 Å². The summed E-state index contributed by atoms with van der Waals surface area (Å²) in [5.74, 6) is 1.11. The van der Waals surface area contributed by atoms with Crippen molar-refractivity contribution >= 4 is 23.2 Å². The summed E-state index contributed by atoms with van der Waals surface area (Å²) in [6, 6.07) is 14.5. The van der Waals surface area contributed by atoms with Crippen molar-refractivity contribution in [3.8, 4) is 11.5 Å². The van der Waals surface area contributed by atoms with Crippen molar-refractivity contribution in [1.29, 1.82) is 0 Å². The number of carbonyl (C=O) groups is 1. The monoisotopic (exact) mass is 364 g/mol. The second-order valence-electron chi connectivity index (χ2n) is 5.73. The highest BCUT2D eigenvalue weighted by Gasteiger charge is 2.12. The second-order valence-corrected chi connectivity index (χ2v) is 5.73. The molecule has 0 aliphatic carbocycles. The van der Waals surface area contributed by atoms with Gasteiger partial charge in [-0.25, -0.2) is 9.97 Å². The molecule has 1 heterocycles. The number of hydrogen-bond donors (Lipinski definition) is 2. The Kier molecular flexibility index (Phi) is 5.51. The molecule has 2 N–H and O–H groups in total. The smallest absolute Gasteiger partial charge is 0.274 e. The highest BCUT2D eigenvalue weighted by molar-refractivity contribution is 6.03. The van der Waals surface area contributed by atoms with Crippen LogP contribution in [-0.2, 0) is 0 Å². The van der Waals surface area contributed by atoms with Crippen LogP contribution in [0.15, 0.2) is 54.7 Å². The number of hydrogen-bond acceptors (Lipinski definition) is 6. The number of rotatable bonds is 6. The van der Waals surface area contributed by atoms with Crippen LogP contribution in [0.2, 0.25) is 0 Å². The maximum Gasteiger partial charge on any atom is 0.274 e. The minimum atomic E-state index is -0.350. The number of methoxy groups -OCH3 is 2. The van der Waals surface area contributed by atoms with Gasteiger partial charge in [0.1, 0.15) is 5.69 Å². The van der Waals surface area contributed by atoms with Gasteiger partial charge in [0, 0.05) is 23.6 Å². The van der Waals surface area contributed by atoms with E-state index in [1.54, 1.807) is 31.4 Å². The van der Waals surface area contributed by atoms with Gasteiger partial charge >= 0.3 is 0 Å². The molecule has 7 heteroatoms. The Morgan fingerprint density at radius 1 is 1.00 bits per heavy atom. The fourth-order valence-electron chi connectivity index (χ4n) is 2.49. The van der Waals surface area contributed by atoms with Crippen LogP contribution >= 0.6 is 0 Å². The number of carbonyl (C=O) groups excluding carboxylic acids is 1. The third kappa shape index (κ3) is 4.33. The van der Waals surface area contributed by atoms with E-state index in [1.165, 1.54) is 13.3 Å². The number of nitrogens with one attached hydrogen (secondary N) is 2. The minimum Gasteiger partial charge on any atom is -0.493 e. The number of amides is 1. The van der Waals surface area contributed by atoms with E-state index >= 15 is 0 Å². The molecule has 3 rings (SSSR count). The summed E-state index contributed by atoms with van der Waals surface area (Å²) in [4.78, 5) is 21.0. The van der Waals surface area contributed by atoms with Crippen molar-refractivity contribution in [2.75, 3.05) is 24.9 Å². The van der Waals surface area contributed by atoms with E-state index in [9.17, 15) is 4.79 Å². The molecule has 0 saturated carbocycles. The molecule has 3 aromatic rings. The average molecular weight is 364 g/mol. The molecule has 0 fully saturated rings. The summed E-state index contributed by atoms with van der Waals surface area (Å²) in [5, 5.41) is 5.92. The molecule has 1 aromatic heterocycles. The van der Waals surface area contributed by atoms with E-state index in [2.05, 4.69) is 20.6 Å². The summed E-state index contributed by atoms with van der Waals surface area (Å²) in [7, 11) is 3.09. The summed E-state index contributed by atoms with van der Waals surface area (Å²) in [6.45, 7) is 1.98. The number of para-hydroxylation sites is 1. The van der Waals surface area contributed by atoms with Crippen molar-refractivity contribution in [3.05, 3.63) is 66.0 Å². The lowest BCUT2D eigenvalue weighted by molar-refractivity contribution is 0.102. The molecular weight excluding hydrogens is 344 g/mol. The SMILES string of the molecule is COc1ccc(NC(=O)c2ccnc(Nc3ccccc3C)n2)cc1OC. The van der Waals surface area contributed by atoms with Crippen LogP contribution < -0.4 is 20.1 Å². The van der Waals surface area contributed by atoms with E-state index < -0.39 is 0 Å². The summed E-state index contributed by atoms with van der Waals surface area (Å²) in [6.07, 6.45) is 1.54. The first kappa shape index (κ1) is 18.2. The molecule has 0 aliphatic heterocycles. The summed E-state index contributed by atoms with van der Waals surface area (Å²) >= 11 is 0. The number of anilines is 3. The molecule has 0 aliphatic rings. The molecule has 0 bridgehead atoms. The zero-order valence-electron chi connectivity index (χ0n) is 15.3. The number of ether oxygens (including phenoxy) is 2. The fraction of sp³-hybridized carbons (Fsp3) is 0.150. The predicted molar refractivity (Wildman–Crippen MR) is 104 cm³/mol. The van der Waals surface area contributed by atoms with Gasteiger partial charge in [0.15, 0.2) is 11.5 Å². The third-order valence-corrected chi connectivity index (χ3v) is 3.92. The van der Waals surface area contributed by atoms with Crippen LogP contribution in [0.5, 0.6) is 11.5 Å². The van der Waals surface area contributed by atoms with Crippen molar-refractivity contribution in [2.24, 2.45) is 0 Å². The standard InChI is InChI=1S/C20H20N4O3/c1-13-6-4-5-7-15(13)23-20-21-11-10-16(24-20)19(25)22-14-8-9-17(26-2)18(12-14)27-3/h4-12H,1-3H3,(H,22,25)(H,21,23,24). The largest absolute Gasteiger partial charge is 0.493 e. The number of benzene rings is 2. The van der Waals surface area contributed by atoms with Crippen molar-refractivity contribution in [1.82, 2.24) is 9.97 Å². The van der Waals surface area contributed by atoms with Crippen LogP contribution in [0.3, 0.4) is 0 Å². The molecule has 27 heavy (non-hydrogen) atoms. The Morgan fingerprint density at radius 3 is 2.52 bits per heavy atom. The Labute approximate surface area is 157 Å². The van der Waals surface area contributed by atoms with E-state index in [0.717, 1.165) is 11.3 Å². The van der Waals surface area contributed by atoms with E-state index in [-0.39, 0.29) is 11.6 Å². The van der Waals surface area contributed by atoms with Gasteiger partial charge in [-0.2, -0.15) is 0 Å². The highest BCUT2D eigenvalue weighted by atomic mass is 16.5. The maximum absolute atomic E-state index is 12.5. The van der Waals surface area contributed by atoms with Crippen LogP contribution in [-0.4, -0.2) is 30.1 Å². The lowest BCUT2D eigenvalue weighted by Gasteiger charge is -2.11. The lowest BCUT2D eigenvalue weighted by atomic mass is 10.2. The molecule has 7 nitrogen and oxygen atoms in total. The van der Waals surface area contributed by atoms with Gasteiger partial charge in [0.05, 0.1) is 14.2 Å². The topological polar surface area (TPSA) is 85.4 Å². The van der Waals surface area contributed by atoms with Gasteiger partial charge in [-0.3, -0.25) is 4.79 Å². The predicted octanol–water partition coefficient (Wildman–Crippen LogP) is 3.80. The minimum absolute atomic E-state index is 0.246. The van der Waals surface area contributed by atoms with Crippen LogP contribution in [0, 0.1) is 6.92 Å². The molecule has 138 valence electrons. The van der Waals surface area contributed by atoms with Crippen molar-refractivity contribution < 1.29 is 14.3 Å². The first-order valence-corrected chi connectivity index (χ1v) is 8.30. The van der Waals surface area contributed by atoms with E-state index in [4.69, 9.17) is 9.47 Å². The molecule has 0 spiro atoms. The van der Waals surface area contributed by atoms with Gasteiger partial charge < -0.3 is 20.1 Å². The number of aryl methyl sites for hydroxylation is 1. The Morgan fingerprint density at radius 2 is 1.78 bits per heavy atom. The van der Waals surface area contributed by atoms with Crippen LogP contribution in [0.4, 0.5) is 17.3 Å². The van der Waals surface area contributed by atoms with Crippen LogP contribution in [0.25, 0.3) is 0 Å². The normalized spacial score (nSPS) is 10.2. The summed E-state index contributed by atoms with van der Waals surface area (Å²) < 4.78 is 10.4. The third-order valence-electron chi connectivity index (χ3n) is 3.92. The Bertz CT molecular complexity index is 959. The molecule has 1 amide bonds. The Balaban J connectivity index is 1.77. The molecule has 0 radical (unpaired) electrons. The van der Waals surface area contributed by atoms with Crippen molar-refractivity contribution in [3.63, 3.8) is 0 Å². The van der Waals surface area contributed by atoms with Gasteiger partial charge in [0.25, 0.3) is 5.91 Å². The zero-order chi connectivity index (χ0) is 19.2. The average Bonchev–Trinajstić information content (AvgIpc) is 2.70. The quantitative estimate of drug-likeness (QED) is 0.692. The van der Waals surface area contributed by atoms with Crippen molar-refractivity contribution in [2.45, 2.75) is 6.92 Å². The second kappa shape index (κ2) is 8.18. The van der Waals surface area contributed by atoms with Crippen LogP contribution in [0.1, 0.15) is 16.1 Å². The van der Waals surface area contributed by atoms with Gasteiger partial charge in [-0.05, 0) is 36.8 Å². The van der Waals surface area contributed by atoms with Gasteiger partial charge in [-0.15, -0.1) is 0 Å². The first-order chi connectivity index (χ1) is 13.1. The highest BCUT2D eigenvalue weighted by Crippen LogP contribution is 2.29. The maximum atomic E-state index is 12.5. The molecule has 2 aromatic carbocycles. The summed E-state index contributed by atoms with van der Waals surface area (Å²) in [5.41, 5.74) is 2.76. The molecular formula is C20H20N4O3. The van der Waals surface area contributed by atoms with E-state index in [0.29, 0.717) is 23.1 Å². The van der Waals surface area contributed by atoms with Gasteiger partial charge in [-0.1, -0.05) is 18.2 Å². The zero-order valence-corrected chi connectivity index (χ0v) is 15.3. The number of aromatic nitrogens is 2. The molecule has 0 unspecified atom stereocenters. The first-order valence-electron chi connectivity index (χ1n) is 8.30. The number of nitrogens with zero attached hydrogens (tertiary/aromatic N) is 2. The Hall–Kier alpha value is -3.61. The fourth-order valence-corrected chi connectivity index (χ4v) is 2.49. The van der Waals surface area contributed by atoms with E-state index in [1.807, 2.05) is 31.2 Å². The molecule has 0 atom stereocenters. The molecule has 0 saturated heterocycles.